The smallest absolute Gasteiger partial charge is 0.253 e. The normalized spacial score (nSPS) is 18.7. The summed E-state index contributed by atoms with van der Waals surface area (Å²) in [7, 11) is 1.62. The highest BCUT2D eigenvalue weighted by Crippen LogP contribution is 2.30. The predicted molar refractivity (Wildman–Crippen MR) is 114 cm³/mol. The van der Waals surface area contributed by atoms with Crippen LogP contribution in [0.1, 0.15) is 42.1 Å². The Morgan fingerprint density at radius 1 is 1.13 bits per heavy atom. The molecule has 160 valence electrons. The van der Waals surface area contributed by atoms with Gasteiger partial charge in [0.2, 0.25) is 5.91 Å². The Balaban J connectivity index is 1.54. The van der Waals surface area contributed by atoms with Crippen LogP contribution in [0.15, 0.2) is 48.5 Å². The average Bonchev–Trinajstić information content (AvgIpc) is 2.78. The Bertz CT molecular complexity index is 869. The fraction of sp³-hybridized carbons (Fsp3) is 0.417. The zero-order valence-corrected chi connectivity index (χ0v) is 17.6. The van der Waals surface area contributed by atoms with E-state index in [0.717, 1.165) is 24.2 Å². The maximum atomic E-state index is 13.1. The third kappa shape index (κ3) is 5.38. The molecule has 1 aliphatic heterocycles. The predicted octanol–water partition coefficient (Wildman–Crippen LogP) is 4.03. The van der Waals surface area contributed by atoms with Crippen LogP contribution in [-0.4, -0.2) is 36.9 Å². The minimum Gasteiger partial charge on any atom is -0.496 e. The maximum absolute atomic E-state index is 13.1. The molecular weight excluding hydrogens is 383 g/mol. The topological polar surface area (TPSA) is 58.6 Å². The van der Waals surface area contributed by atoms with Crippen LogP contribution in [0.5, 0.6) is 5.75 Å². The first-order valence-electron chi connectivity index (χ1n) is 10.4. The number of ether oxygens (including phenoxy) is 1. The molecule has 0 spiro atoms. The molecule has 1 fully saturated rings. The highest BCUT2D eigenvalue weighted by atomic mass is 19.1. The summed E-state index contributed by atoms with van der Waals surface area (Å²) in [6.07, 6.45) is 2.14. The molecule has 1 N–H and O–H groups in total. The molecule has 2 aromatic rings. The first-order valence-corrected chi connectivity index (χ1v) is 10.4. The largest absolute Gasteiger partial charge is 0.496 e. The van der Waals surface area contributed by atoms with Crippen LogP contribution in [0.4, 0.5) is 4.39 Å². The Hall–Kier alpha value is -2.89. The zero-order valence-electron chi connectivity index (χ0n) is 17.6. The van der Waals surface area contributed by atoms with Crippen LogP contribution in [0.25, 0.3) is 0 Å². The number of hydrogen-bond donors (Lipinski definition) is 1. The van der Waals surface area contributed by atoms with Gasteiger partial charge >= 0.3 is 0 Å². The number of methoxy groups -OCH3 is 1. The monoisotopic (exact) mass is 412 g/mol. The number of halogens is 1. The number of carbonyl (C=O) groups is 2. The number of piperidine rings is 1. The molecule has 1 heterocycles. The molecule has 0 aliphatic carbocycles. The van der Waals surface area contributed by atoms with Crippen molar-refractivity contribution in [3.63, 3.8) is 0 Å². The molecule has 0 saturated carbocycles. The number of carbonyl (C=O) groups excluding carboxylic acids is 2. The van der Waals surface area contributed by atoms with Gasteiger partial charge in [0.05, 0.1) is 7.11 Å². The Morgan fingerprint density at radius 2 is 1.87 bits per heavy atom. The summed E-state index contributed by atoms with van der Waals surface area (Å²) in [5.41, 5.74) is 1.44. The quantitative estimate of drug-likeness (QED) is 0.747. The summed E-state index contributed by atoms with van der Waals surface area (Å²) in [5.74, 6) is 0.855. The van der Waals surface area contributed by atoms with E-state index in [1.807, 2.05) is 29.2 Å². The summed E-state index contributed by atoms with van der Waals surface area (Å²) in [4.78, 5) is 27.1. The Labute approximate surface area is 177 Å². The maximum Gasteiger partial charge on any atom is 0.253 e. The van der Waals surface area contributed by atoms with Gasteiger partial charge in [-0.15, -0.1) is 0 Å². The lowest BCUT2D eigenvalue weighted by Crippen LogP contribution is -2.44. The van der Waals surface area contributed by atoms with Gasteiger partial charge < -0.3 is 15.0 Å². The van der Waals surface area contributed by atoms with Crippen molar-refractivity contribution in [2.24, 2.45) is 11.8 Å². The van der Waals surface area contributed by atoms with E-state index in [4.69, 9.17) is 4.74 Å². The standard InChI is InChI=1S/C24H29FN2O3/c1-3-17-16-27(24(29)18-8-10-21(25)11-9-18)13-12-19(17)14-23(28)26-15-20-6-4-5-7-22(20)30-2/h4-11,17,19H,3,12-16H2,1-2H3,(H,26,28)/t17-,19-/m0/s1. The molecule has 0 aromatic heterocycles. The number of likely N-dealkylation sites (tertiary alicyclic amines) is 1. The van der Waals surface area contributed by atoms with Gasteiger partial charge in [0.1, 0.15) is 11.6 Å². The highest BCUT2D eigenvalue weighted by Gasteiger charge is 2.32. The third-order valence-electron chi connectivity index (χ3n) is 5.91. The van der Waals surface area contributed by atoms with Crippen LogP contribution < -0.4 is 10.1 Å². The number of benzene rings is 2. The number of para-hydroxylation sites is 1. The van der Waals surface area contributed by atoms with Crippen molar-refractivity contribution in [2.75, 3.05) is 20.2 Å². The lowest BCUT2D eigenvalue weighted by Gasteiger charge is -2.38. The molecule has 0 bridgehead atoms. The summed E-state index contributed by atoms with van der Waals surface area (Å²) in [5, 5.41) is 3.00. The molecule has 0 radical (unpaired) electrons. The molecule has 2 amide bonds. The van der Waals surface area contributed by atoms with E-state index in [0.29, 0.717) is 31.6 Å². The molecule has 1 aliphatic rings. The summed E-state index contributed by atoms with van der Waals surface area (Å²) < 4.78 is 18.5. The Morgan fingerprint density at radius 3 is 2.57 bits per heavy atom. The van der Waals surface area contributed by atoms with E-state index in [1.54, 1.807) is 7.11 Å². The Kier molecular flexibility index (Phi) is 7.44. The van der Waals surface area contributed by atoms with Gasteiger partial charge in [0.15, 0.2) is 0 Å². The second kappa shape index (κ2) is 10.2. The van der Waals surface area contributed by atoms with E-state index in [1.165, 1.54) is 24.3 Å². The van der Waals surface area contributed by atoms with Crippen molar-refractivity contribution in [1.29, 1.82) is 0 Å². The SMILES string of the molecule is CC[C@H]1CN(C(=O)c2ccc(F)cc2)CC[C@H]1CC(=O)NCc1ccccc1OC. The minimum atomic E-state index is -0.351. The fourth-order valence-corrected chi connectivity index (χ4v) is 4.12. The van der Waals surface area contributed by atoms with Crippen molar-refractivity contribution in [3.05, 3.63) is 65.5 Å². The van der Waals surface area contributed by atoms with Crippen LogP contribution in [-0.2, 0) is 11.3 Å². The first-order chi connectivity index (χ1) is 14.5. The molecule has 30 heavy (non-hydrogen) atoms. The summed E-state index contributed by atoms with van der Waals surface area (Å²) >= 11 is 0. The molecular formula is C24H29FN2O3. The first kappa shape index (κ1) is 21.8. The highest BCUT2D eigenvalue weighted by molar-refractivity contribution is 5.94. The van der Waals surface area contributed by atoms with Gasteiger partial charge in [-0.1, -0.05) is 31.5 Å². The van der Waals surface area contributed by atoms with Gasteiger partial charge in [0.25, 0.3) is 5.91 Å². The molecule has 2 aromatic carbocycles. The van der Waals surface area contributed by atoms with Gasteiger partial charge in [-0.25, -0.2) is 4.39 Å². The average molecular weight is 413 g/mol. The van der Waals surface area contributed by atoms with Gasteiger partial charge in [-0.2, -0.15) is 0 Å². The molecule has 5 nitrogen and oxygen atoms in total. The van der Waals surface area contributed by atoms with Crippen molar-refractivity contribution in [1.82, 2.24) is 10.2 Å². The van der Waals surface area contributed by atoms with Crippen molar-refractivity contribution >= 4 is 11.8 Å². The van der Waals surface area contributed by atoms with E-state index in [-0.39, 0.29) is 29.5 Å². The third-order valence-corrected chi connectivity index (χ3v) is 5.91. The van der Waals surface area contributed by atoms with Crippen LogP contribution in [0.2, 0.25) is 0 Å². The number of amides is 2. The molecule has 0 unspecified atom stereocenters. The zero-order chi connectivity index (χ0) is 21.5. The fourth-order valence-electron chi connectivity index (χ4n) is 4.12. The van der Waals surface area contributed by atoms with Crippen molar-refractivity contribution in [2.45, 2.75) is 32.7 Å². The molecule has 6 heteroatoms. The lowest BCUT2D eigenvalue weighted by atomic mass is 9.81. The summed E-state index contributed by atoms with van der Waals surface area (Å²) in [6.45, 7) is 3.76. The van der Waals surface area contributed by atoms with Crippen LogP contribution >= 0.6 is 0 Å². The lowest BCUT2D eigenvalue weighted by molar-refractivity contribution is -0.123. The second-order valence-electron chi connectivity index (χ2n) is 7.77. The van der Waals surface area contributed by atoms with Crippen LogP contribution in [0, 0.1) is 17.7 Å². The number of nitrogens with zero attached hydrogens (tertiary/aromatic N) is 1. The number of rotatable bonds is 7. The van der Waals surface area contributed by atoms with Crippen molar-refractivity contribution < 1.29 is 18.7 Å². The summed E-state index contributed by atoms with van der Waals surface area (Å²) in [6, 6.07) is 13.3. The van der Waals surface area contributed by atoms with Gasteiger partial charge in [-0.05, 0) is 48.6 Å². The van der Waals surface area contributed by atoms with E-state index >= 15 is 0 Å². The number of hydrogen-bond acceptors (Lipinski definition) is 3. The van der Waals surface area contributed by atoms with Gasteiger partial charge in [0, 0.05) is 37.2 Å². The second-order valence-corrected chi connectivity index (χ2v) is 7.77. The molecule has 1 saturated heterocycles. The van der Waals surface area contributed by atoms with Crippen molar-refractivity contribution in [3.8, 4) is 5.75 Å². The van der Waals surface area contributed by atoms with Crippen LogP contribution in [0.3, 0.4) is 0 Å². The van der Waals surface area contributed by atoms with E-state index in [9.17, 15) is 14.0 Å². The van der Waals surface area contributed by atoms with E-state index in [2.05, 4.69) is 12.2 Å². The number of nitrogens with one attached hydrogen (secondary N) is 1. The minimum absolute atomic E-state index is 0.0164. The molecule has 3 rings (SSSR count). The van der Waals surface area contributed by atoms with E-state index < -0.39 is 0 Å². The van der Waals surface area contributed by atoms with Gasteiger partial charge in [-0.3, -0.25) is 9.59 Å². The molecule has 2 atom stereocenters.